The Balaban J connectivity index is 1.69. The molecule has 1 fully saturated rings. The third-order valence-corrected chi connectivity index (χ3v) is 4.06. The minimum atomic E-state index is -0.173. The topological polar surface area (TPSA) is 63.1 Å². The summed E-state index contributed by atoms with van der Waals surface area (Å²) in [6, 6.07) is 10.6. The quantitative estimate of drug-likeness (QED) is 0.906. The number of aryl methyl sites for hydroxylation is 1. The molecule has 6 heteroatoms. The summed E-state index contributed by atoms with van der Waals surface area (Å²) in [5.74, 6) is -0.173. The Morgan fingerprint density at radius 1 is 1.27 bits per heavy atom. The number of hydrogen-bond acceptors (Lipinski definition) is 4. The molecular formula is C16H21N5O. The maximum absolute atomic E-state index is 12.2. The summed E-state index contributed by atoms with van der Waals surface area (Å²) >= 11 is 0. The van der Waals surface area contributed by atoms with E-state index in [1.165, 1.54) is 23.1 Å². The van der Waals surface area contributed by atoms with Crippen LogP contribution in [0.3, 0.4) is 0 Å². The van der Waals surface area contributed by atoms with Gasteiger partial charge in [-0.3, -0.25) is 14.4 Å². The van der Waals surface area contributed by atoms with Crippen molar-refractivity contribution in [3.8, 4) is 0 Å². The van der Waals surface area contributed by atoms with E-state index in [2.05, 4.69) is 32.7 Å². The molecule has 1 aromatic heterocycles. The lowest BCUT2D eigenvalue weighted by Crippen LogP contribution is -2.36. The van der Waals surface area contributed by atoms with Crippen molar-refractivity contribution in [3.63, 3.8) is 0 Å². The Labute approximate surface area is 130 Å². The fourth-order valence-corrected chi connectivity index (χ4v) is 2.92. The highest BCUT2D eigenvalue weighted by Crippen LogP contribution is 2.24. The van der Waals surface area contributed by atoms with Crippen LogP contribution < -0.4 is 5.32 Å². The molecule has 1 unspecified atom stereocenters. The smallest absolute Gasteiger partial charge is 0.273 e. The predicted molar refractivity (Wildman–Crippen MR) is 83.3 cm³/mol. The summed E-state index contributed by atoms with van der Waals surface area (Å²) in [6.45, 7) is 2.75. The maximum Gasteiger partial charge on any atom is 0.273 e. The van der Waals surface area contributed by atoms with Gasteiger partial charge < -0.3 is 5.32 Å². The van der Waals surface area contributed by atoms with E-state index in [4.69, 9.17) is 0 Å². The van der Waals surface area contributed by atoms with Crippen LogP contribution in [0.15, 0.2) is 36.5 Å². The lowest BCUT2D eigenvalue weighted by Gasteiger charge is -2.28. The van der Waals surface area contributed by atoms with E-state index in [-0.39, 0.29) is 11.9 Å². The number of benzene rings is 1. The second-order valence-electron chi connectivity index (χ2n) is 5.66. The molecule has 22 heavy (non-hydrogen) atoms. The van der Waals surface area contributed by atoms with Crippen LogP contribution in [-0.4, -0.2) is 45.4 Å². The fraction of sp³-hybridized carbons (Fsp3) is 0.438. The van der Waals surface area contributed by atoms with E-state index < -0.39 is 0 Å². The first kappa shape index (κ1) is 14.7. The van der Waals surface area contributed by atoms with Gasteiger partial charge in [-0.2, -0.15) is 0 Å². The van der Waals surface area contributed by atoms with Crippen molar-refractivity contribution in [2.45, 2.75) is 18.9 Å². The third-order valence-electron chi connectivity index (χ3n) is 4.06. The third kappa shape index (κ3) is 3.33. The van der Waals surface area contributed by atoms with Crippen LogP contribution >= 0.6 is 0 Å². The minimum Gasteiger partial charge on any atom is -0.349 e. The van der Waals surface area contributed by atoms with Crippen LogP contribution in [0.2, 0.25) is 0 Å². The largest absolute Gasteiger partial charge is 0.349 e. The van der Waals surface area contributed by atoms with Crippen LogP contribution in [0.4, 0.5) is 0 Å². The molecule has 1 amide bonds. The van der Waals surface area contributed by atoms with E-state index in [0.29, 0.717) is 12.2 Å². The van der Waals surface area contributed by atoms with Gasteiger partial charge in [0.05, 0.1) is 12.2 Å². The van der Waals surface area contributed by atoms with Gasteiger partial charge in [0, 0.05) is 13.6 Å². The van der Waals surface area contributed by atoms with Crippen LogP contribution in [0, 0.1) is 0 Å². The van der Waals surface area contributed by atoms with Gasteiger partial charge in [0.2, 0.25) is 0 Å². The maximum atomic E-state index is 12.2. The molecule has 116 valence electrons. The van der Waals surface area contributed by atoms with Crippen molar-refractivity contribution in [1.82, 2.24) is 25.2 Å². The van der Waals surface area contributed by atoms with Crippen molar-refractivity contribution < 1.29 is 4.79 Å². The molecule has 1 aliphatic rings. The van der Waals surface area contributed by atoms with Gasteiger partial charge >= 0.3 is 0 Å². The van der Waals surface area contributed by atoms with Crippen LogP contribution in [0.25, 0.3) is 0 Å². The number of hydrogen-bond donors (Lipinski definition) is 1. The second kappa shape index (κ2) is 6.70. The van der Waals surface area contributed by atoms with Crippen LogP contribution in [-0.2, 0) is 7.05 Å². The molecule has 0 spiro atoms. The number of carbonyl (C=O) groups is 1. The molecule has 6 nitrogen and oxygen atoms in total. The molecule has 1 atom stereocenters. The summed E-state index contributed by atoms with van der Waals surface area (Å²) in [7, 11) is 1.75. The van der Waals surface area contributed by atoms with Gasteiger partial charge in [0.15, 0.2) is 5.69 Å². The zero-order chi connectivity index (χ0) is 15.4. The van der Waals surface area contributed by atoms with Crippen molar-refractivity contribution in [3.05, 3.63) is 47.8 Å². The summed E-state index contributed by atoms with van der Waals surface area (Å²) in [5.41, 5.74) is 1.60. The number of rotatable bonds is 5. The van der Waals surface area contributed by atoms with E-state index >= 15 is 0 Å². The van der Waals surface area contributed by atoms with Crippen LogP contribution in [0.1, 0.15) is 34.9 Å². The Morgan fingerprint density at radius 2 is 2.00 bits per heavy atom. The molecule has 2 heterocycles. The minimum absolute atomic E-state index is 0.173. The summed E-state index contributed by atoms with van der Waals surface area (Å²) < 4.78 is 1.53. The Morgan fingerprint density at radius 3 is 2.64 bits per heavy atom. The fourth-order valence-electron chi connectivity index (χ4n) is 2.92. The normalized spacial score (nSPS) is 16.6. The number of nitrogens with zero attached hydrogens (tertiary/aromatic N) is 4. The average Bonchev–Trinajstić information content (AvgIpc) is 3.20. The number of aromatic nitrogens is 3. The van der Waals surface area contributed by atoms with Gasteiger partial charge in [0.1, 0.15) is 0 Å². The molecule has 0 aliphatic carbocycles. The highest BCUT2D eigenvalue weighted by molar-refractivity contribution is 5.91. The zero-order valence-corrected chi connectivity index (χ0v) is 12.8. The first-order chi connectivity index (χ1) is 10.7. The molecule has 1 aromatic carbocycles. The van der Waals surface area contributed by atoms with Crippen molar-refractivity contribution >= 4 is 5.91 Å². The summed E-state index contributed by atoms with van der Waals surface area (Å²) in [4.78, 5) is 14.6. The molecule has 2 aromatic rings. The highest BCUT2D eigenvalue weighted by atomic mass is 16.2. The van der Waals surface area contributed by atoms with Crippen molar-refractivity contribution in [2.75, 3.05) is 19.6 Å². The van der Waals surface area contributed by atoms with Crippen molar-refractivity contribution in [1.29, 1.82) is 0 Å². The highest BCUT2D eigenvalue weighted by Gasteiger charge is 2.24. The monoisotopic (exact) mass is 299 g/mol. The standard InChI is InChI=1S/C16H21N5O/c1-20-12-14(18-19-20)16(22)17-11-15(21-9-5-6-10-21)13-7-3-2-4-8-13/h2-4,7-8,12,15H,5-6,9-11H2,1H3,(H,17,22). The molecule has 1 N–H and O–H groups in total. The molecule has 1 aliphatic heterocycles. The molecule has 3 rings (SSSR count). The summed E-state index contributed by atoms with van der Waals surface area (Å²) in [6.07, 6.45) is 4.07. The van der Waals surface area contributed by atoms with Gasteiger partial charge in [0.25, 0.3) is 5.91 Å². The lowest BCUT2D eigenvalue weighted by atomic mass is 10.1. The Kier molecular flexibility index (Phi) is 4.48. The van der Waals surface area contributed by atoms with Crippen LogP contribution in [0.5, 0.6) is 0 Å². The Hall–Kier alpha value is -2.21. The average molecular weight is 299 g/mol. The number of carbonyl (C=O) groups excluding carboxylic acids is 1. The first-order valence-electron chi connectivity index (χ1n) is 7.67. The molecule has 0 saturated carbocycles. The number of nitrogens with one attached hydrogen (secondary N) is 1. The summed E-state index contributed by atoms with van der Waals surface area (Å²) in [5, 5.41) is 10.6. The van der Waals surface area contributed by atoms with Gasteiger partial charge in [-0.1, -0.05) is 35.5 Å². The predicted octanol–water partition coefficient (Wildman–Crippen LogP) is 1.38. The molecule has 0 bridgehead atoms. The van der Waals surface area contributed by atoms with E-state index in [9.17, 15) is 4.79 Å². The Bertz CT molecular complexity index is 618. The SMILES string of the molecule is Cn1cc(C(=O)NCC(c2ccccc2)N2CCCC2)nn1. The van der Waals surface area contributed by atoms with Gasteiger partial charge in [-0.15, -0.1) is 5.10 Å². The molecule has 0 radical (unpaired) electrons. The molecule has 1 saturated heterocycles. The van der Waals surface area contributed by atoms with Gasteiger partial charge in [-0.25, -0.2) is 0 Å². The second-order valence-corrected chi connectivity index (χ2v) is 5.66. The zero-order valence-electron chi connectivity index (χ0n) is 12.8. The van der Waals surface area contributed by atoms with E-state index in [0.717, 1.165) is 13.1 Å². The number of amides is 1. The van der Waals surface area contributed by atoms with Crippen molar-refractivity contribution in [2.24, 2.45) is 7.05 Å². The molecular weight excluding hydrogens is 278 g/mol. The van der Waals surface area contributed by atoms with E-state index in [1.807, 2.05) is 18.2 Å². The number of likely N-dealkylation sites (tertiary alicyclic amines) is 1. The lowest BCUT2D eigenvalue weighted by molar-refractivity contribution is 0.0933. The first-order valence-corrected chi connectivity index (χ1v) is 7.67. The van der Waals surface area contributed by atoms with Gasteiger partial charge in [-0.05, 0) is 31.5 Å². The van der Waals surface area contributed by atoms with E-state index in [1.54, 1.807) is 13.2 Å².